The molecule has 0 bridgehead atoms. The number of hydrogen-bond donors (Lipinski definition) is 0. The van der Waals surface area contributed by atoms with Crippen molar-refractivity contribution in [1.29, 1.82) is 0 Å². The van der Waals surface area contributed by atoms with Crippen molar-refractivity contribution in [3.8, 4) is 0 Å². The van der Waals surface area contributed by atoms with Gasteiger partial charge in [-0.25, -0.2) is 0 Å². The molecule has 1 unspecified atom stereocenters. The summed E-state index contributed by atoms with van der Waals surface area (Å²) in [5, 5.41) is 0. The van der Waals surface area contributed by atoms with Gasteiger partial charge in [-0.3, -0.25) is 4.48 Å². The molecule has 0 spiro atoms. The van der Waals surface area contributed by atoms with E-state index in [1.54, 1.807) is 6.92 Å². The highest BCUT2D eigenvalue weighted by atomic mass is 35.6. The van der Waals surface area contributed by atoms with Crippen molar-refractivity contribution in [2.45, 2.75) is 13.2 Å². The summed E-state index contributed by atoms with van der Waals surface area (Å²) in [6.45, 7) is 1.69. The number of nitrogens with zero attached hydrogens (tertiary/aromatic N) is 1. The first-order chi connectivity index (χ1) is 4.34. The van der Waals surface area contributed by atoms with Crippen molar-refractivity contribution in [3.05, 3.63) is 0 Å². The van der Waals surface area contributed by atoms with E-state index in [-0.39, 0.29) is 18.6 Å². The van der Waals surface area contributed by atoms with Gasteiger partial charge in [-0.15, -0.1) is 0 Å². The highest BCUT2D eigenvalue weighted by Gasteiger charge is 2.29. The molecule has 0 aromatic rings. The van der Waals surface area contributed by atoms with Crippen molar-refractivity contribution in [1.82, 2.24) is 0 Å². The lowest BCUT2D eigenvalue weighted by molar-refractivity contribution is -1.64. The van der Waals surface area contributed by atoms with Crippen LogP contribution in [0.1, 0.15) is 6.92 Å². The molecule has 0 heterocycles. The third-order valence-electron chi connectivity index (χ3n) is 1.29. The normalized spacial score (nSPS) is 14.5. The molecule has 70 valence electrons. The summed E-state index contributed by atoms with van der Waals surface area (Å²) >= 11 is 0. The number of quaternary nitrogens is 1. The van der Waals surface area contributed by atoms with Gasteiger partial charge in [0.25, 0.3) is 17.0 Å². The van der Waals surface area contributed by atoms with E-state index in [1.165, 1.54) is 0 Å². The topological polar surface area (TPSA) is 55.3 Å². The summed E-state index contributed by atoms with van der Waals surface area (Å²) in [4.78, 5) is 0. The molecular weight excluding hydrogens is 193 g/mol. The minimum atomic E-state index is -2.10. The first kappa shape index (κ1) is 14.0. The van der Waals surface area contributed by atoms with Crippen LogP contribution in [0.5, 0.6) is 0 Å². The van der Waals surface area contributed by atoms with E-state index < -0.39 is 10.8 Å². The maximum Gasteiger partial charge on any atom is 0.295 e. The lowest BCUT2D eigenvalue weighted by Crippen LogP contribution is -3.00. The van der Waals surface area contributed by atoms with Crippen molar-refractivity contribution in [2.75, 3.05) is 21.1 Å². The summed E-state index contributed by atoms with van der Waals surface area (Å²) in [7, 11) is 3.46. The second kappa shape index (κ2) is 5.13. The van der Waals surface area contributed by atoms with Crippen LogP contribution in [0.4, 0.5) is 0 Å². The zero-order valence-electron chi connectivity index (χ0n) is 7.01. The maximum absolute atomic E-state index is 9.99. The third-order valence-corrected chi connectivity index (χ3v) is 1.70. The molecule has 0 aliphatic carbocycles. The van der Waals surface area contributed by atoms with Crippen LogP contribution in [0.25, 0.3) is 0 Å². The van der Waals surface area contributed by atoms with E-state index >= 15 is 0 Å². The Kier molecular flexibility index (Phi) is 6.52. The van der Waals surface area contributed by atoms with Gasteiger partial charge < -0.3 is 21.7 Å². The Morgan fingerprint density at radius 1 is 1.27 bits per heavy atom. The molecule has 0 N–H and O–H groups in total. The van der Waals surface area contributed by atoms with Crippen LogP contribution in [0.15, 0.2) is 0 Å². The van der Waals surface area contributed by atoms with Crippen LogP contribution >= 0.6 is 0 Å². The van der Waals surface area contributed by atoms with Crippen LogP contribution in [0.3, 0.4) is 0 Å². The van der Waals surface area contributed by atoms with Gasteiger partial charge in [0.05, 0.1) is 25.4 Å². The Balaban J connectivity index is 0. The SMILES string of the molecule is CC(O[Cl+2]([O-])[O-])[N+](C)(C)C.[Cl-]. The Morgan fingerprint density at radius 2 is 1.64 bits per heavy atom. The summed E-state index contributed by atoms with van der Waals surface area (Å²) in [6, 6.07) is 0. The lowest BCUT2D eigenvalue weighted by Gasteiger charge is -2.25. The molecule has 0 aromatic carbocycles. The monoisotopic (exact) mass is 205 g/mol. The number of halogens is 2. The molecule has 0 aliphatic rings. The second-order valence-electron chi connectivity index (χ2n) is 2.99. The van der Waals surface area contributed by atoms with Crippen molar-refractivity contribution < 1.29 is 41.3 Å². The van der Waals surface area contributed by atoms with E-state index in [0.717, 1.165) is 0 Å². The second-order valence-corrected chi connectivity index (χ2v) is 3.55. The number of hydrogen-bond acceptors (Lipinski definition) is 3. The smallest absolute Gasteiger partial charge is 0.295 e. The Bertz CT molecular complexity index is 104. The highest BCUT2D eigenvalue weighted by Crippen LogP contribution is 2.03. The fourth-order valence-electron chi connectivity index (χ4n) is 0.225. The fourth-order valence-corrected chi connectivity index (χ4v) is 0.674. The molecule has 0 aliphatic heterocycles. The molecule has 4 nitrogen and oxygen atoms in total. The lowest BCUT2D eigenvalue weighted by atomic mass is 10.5. The van der Waals surface area contributed by atoms with E-state index in [2.05, 4.69) is 4.29 Å². The van der Waals surface area contributed by atoms with E-state index in [4.69, 9.17) is 0 Å². The summed E-state index contributed by atoms with van der Waals surface area (Å²) < 4.78 is 24.9. The molecule has 0 saturated heterocycles. The van der Waals surface area contributed by atoms with Gasteiger partial charge in [-0.05, 0) is 0 Å². The van der Waals surface area contributed by atoms with E-state index in [1.807, 2.05) is 21.1 Å². The van der Waals surface area contributed by atoms with Gasteiger partial charge in [0.1, 0.15) is 0 Å². The Morgan fingerprint density at radius 3 is 1.73 bits per heavy atom. The van der Waals surface area contributed by atoms with Crippen molar-refractivity contribution in [3.63, 3.8) is 0 Å². The standard InChI is InChI=1S/C5H13ClNO3.ClH/c1-5(7(2,3)4)10-6(8)9;/h5H,1-4H3;1H/q+1;/p-1. The molecule has 0 fully saturated rings. The van der Waals surface area contributed by atoms with E-state index in [9.17, 15) is 9.32 Å². The van der Waals surface area contributed by atoms with Crippen LogP contribution < -0.4 is 21.7 Å². The van der Waals surface area contributed by atoms with Crippen molar-refractivity contribution >= 4 is 0 Å². The minimum absolute atomic E-state index is 0. The quantitative estimate of drug-likeness (QED) is 0.343. The average molecular weight is 206 g/mol. The molecule has 6 heteroatoms. The molecule has 11 heavy (non-hydrogen) atoms. The molecule has 1 atom stereocenters. The zero-order chi connectivity index (χ0) is 8.36. The first-order valence-electron chi connectivity index (χ1n) is 2.88. The van der Waals surface area contributed by atoms with Gasteiger partial charge in [0.15, 0.2) is 0 Å². The van der Waals surface area contributed by atoms with Crippen LogP contribution in [-0.4, -0.2) is 31.9 Å². The van der Waals surface area contributed by atoms with Crippen LogP contribution in [0.2, 0.25) is 0 Å². The van der Waals surface area contributed by atoms with Gasteiger partial charge in [0, 0.05) is 6.92 Å². The number of rotatable bonds is 3. The van der Waals surface area contributed by atoms with Crippen molar-refractivity contribution in [2.24, 2.45) is 0 Å². The summed E-state index contributed by atoms with van der Waals surface area (Å²) in [5.74, 6) is 0. The van der Waals surface area contributed by atoms with Gasteiger partial charge in [-0.2, -0.15) is 0 Å². The molecule has 0 rings (SSSR count). The summed E-state index contributed by atoms with van der Waals surface area (Å²) in [5.41, 5.74) is 0. The molecule has 0 radical (unpaired) electrons. The zero-order valence-corrected chi connectivity index (χ0v) is 8.52. The summed E-state index contributed by atoms with van der Waals surface area (Å²) in [6.07, 6.45) is -0.351. The largest absolute Gasteiger partial charge is 1.00 e. The third kappa shape index (κ3) is 6.80. The van der Waals surface area contributed by atoms with Crippen LogP contribution in [-0.2, 0) is 4.29 Å². The predicted octanol–water partition coefficient (Wildman–Crippen LogP) is -4.85. The minimum Gasteiger partial charge on any atom is -1.00 e. The first-order valence-corrected chi connectivity index (χ1v) is 3.80. The van der Waals surface area contributed by atoms with Gasteiger partial charge in [-0.1, -0.05) is 0 Å². The molecule has 0 aromatic heterocycles. The van der Waals surface area contributed by atoms with Gasteiger partial charge >= 0.3 is 0 Å². The fraction of sp³-hybridized carbons (Fsp3) is 1.00. The molecular formula is C5H13Cl2NO3. The maximum atomic E-state index is 9.99. The Hall–Kier alpha value is 0.420. The van der Waals surface area contributed by atoms with Crippen LogP contribution in [0, 0.1) is 10.8 Å². The average Bonchev–Trinajstić information content (AvgIpc) is 1.60. The Labute approximate surface area is 76.2 Å². The molecule has 0 saturated carbocycles. The van der Waals surface area contributed by atoms with E-state index in [0.29, 0.717) is 4.48 Å². The molecule has 0 amide bonds. The highest BCUT2D eigenvalue weighted by molar-refractivity contribution is 4.21. The predicted molar refractivity (Wildman–Crippen MR) is 28.6 cm³/mol. The van der Waals surface area contributed by atoms with Gasteiger partial charge in [0.2, 0.25) is 0 Å².